The third-order valence-electron chi connectivity index (χ3n) is 2.92. The van der Waals surface area contributed by atoms with Crippen molar-refractivity contribution in [3.63, 3.8) is 0 Å². The van der Waals surface area contributed by atoms with E-state index in [1.807, 2.05) is 36.4 Å². The number of hydrogen-bond donors (Lipinski definition) is 1. The fourth-order valence-corrected chi connectivity index (χ4v) is 3.98. The van der Waals surface area contributed by atoms with Crippen LogP contribution in [0.1, 0.15) is 6.42 Å². The van der Waals surface area contributed by atoms with Crippen molar-refractivity contribution >= 4 is 39.0 Å². The van der Waals surface area contributed by atoms with E-state index in [0.29, 0.717) is 6.61 Å². The molecule has 0 radical (unpaired) electrons. The average molecular weight is 316 g/mol. The second-order valence-electron chi connectivity index (χ2n) is 4.57. The largest absolute Gasteiger partial charge is 0.493 e. The van der Waals surface area contributed by atoms with Crippen molar-refractivity contribution in [3.05, 3.63) is 48.5 Å². The average Bonchev–Trinajstić information content (AvgIpc) is 2.89. The Bertz CT molecular complexity index is 694. The number of para-hydroxylation sites is 1. The Kier molecular flexibility index (Phi) is 4.62. The van der Waals surface area contributed by atoms with Gasteiger partial charge in [0.15, 0.2) is 4.34 Å². The minimum atomic E-state index is 0.696. The second kappa shape index (κ2) is 6.83. The van der Waals surface area contributed by atoms with Crippen molar-refractivity contribution in [2.75, 3.05) is 18.1 Å². The Morgan fingerprint density at radius 1 is 1.14 bits per heavy atom. The van der Waals surface area contributed by atoms with E-state index in [0.717, 1.165) is 33.5 Å². The lowest BCUT2D eigenvalue weighted by Gasteiger charge is -2.05. The topological polar surface area (TPSA) is 48.1 Å². The highest BCUT2D eigenvalue weighted by atomic mass is 32.2. The molecule has 0 unspecified atom stereocenters. The number of nitrogens with two attached hydrogens (primary N) is 1. The number of hydrogen-bond acceptors (Lipinski definition) is 5. The van der Waals surface area contributed by atoms with Crippen molar-refractivity contribution < 1.29 is 4.74 Å². The first kappa shape index (κ1) is 14.2. The SMILES string of the molecule is Nc1cccc(OCCCSc2nc3ccccc3s2)c1. The summed E-state index contributed by atoms with van der Waals surface area (Å²) >= 11 is 3.54. The smallest absolute Gasteiger partial charge is 0.151 e. The predicted octanol–water partition coefficient (Wildman–Crippen LogP) is 4.44. The molecule has 0 aliphatic rings. The van der Waals surface area contributed by atoms with Gasteiger partial charge in [-0.3, -0.25) is 0 Å². The fraction of sp³-hybridized carbons (Fsp3) is 0.188. The first-order valence-electron chi connectivity index (χ1n) is 6.78. The number of aromatic nitrogens is 1. The monoisotopic (exact) mass is 316 g/mol. The van der Waals surface area contributed by atoms with Gasteiger partial charge in [-0.15, -0.1) is 11.3 Å². The summed E-state index contributed by atoms with van der Waals surface area (Å²) in [4.78, 5) is 4.60. The van der Waals surface area contributed by atoms with Crippen LogP contribution >= 0.6 is 23.1 Å². The normalized spacial score (nSPS) is 10.9. The lowest BCUT2D eigenvalue weighted by molar-refractivity contribution is 0.319. The molecule has 0 amide bonds. The molecule has 1 heterocycles. The van der Waals surface area contributed by atoms with Gasteiger partial charge in [0.2, 0.25) is 0 Å². The molecule has 1 aromatic heterocycles. The first-order chi connectivity index (χ1) is 10.3. The highest BCUT2D eigenvalue weighted by Crippen LogP contribution is 2.29. The molecule has 3 rings (SSSR count). The van der Waals surface area contributed by atoms with Crippen molar-refractivity contribution in [3.8, 4) is 5.75 Å². The van der Waals surface area contributed by atoms with Crippen LogP contribution in [0.5, 0.6) is 5.75 Å². The predicted molar refractivity (Wildman–Crippen MR) is 91.3 cm³/mol. The molecular formula is C16H16N2OS2. The van der Waals surface area contributed by atoms with Crippen LogP contribution in [0.2, 0.25) is 0 Å². The van der Waals surface area contributed by atoms with Gasteiger partial charge in [0.25, 0.3) is 0 Å². The molecular weight excluding hydrogens is 300 g/mol. The molecule has 0 saturated heterocycles. The molecule has 0 bridgehead atoms. The maximum Gasteiger partial charge on any atom is 0.151 e. The number of thiazole rings is 1. The number of nitrogens with zero attached hydrogens (tertiary/aromatic N) is 1. The molecule has 21 heavy (non-hydrogen) atoms. The van der Waals surface area contributed by atoms with E-state index in [2.05, 4.69) is 17.1 Å². The Labute approximate surface area is 132 Å². The van der Waals surface area contributed by atoms with Crippen LogP contribution in [0.4, 0.5) is 5.69 Å². The van der Waals surface area contributed by atoms with E-state index in [1.165, 1.54) is 4.70 Å². The van der Waals surface area contributed by atoms with Gasteiger partial charge >= 0.3 is 0 Å². The van der Waals surface area contributed by atoms with E-state index < -0.39 is 0 Å². The number of anilines is 1. The van der Waals surface area contributed by atoms with Gasteiger partial charge in [0.05, 0.1) is 16.8 Å². The van der Waals surface area contributed by atoms with Crippen LogP contribution in [0.3, 0.4) is 0 Å². The zero-order chi connectivity index (χ0) is 14.5. The molecule has 3 aromatic rings. The third-order valence-corrected chi connectivity index (χ3v) is 5.18. The van der Waals surface area contributed by atoms with Crippen LogP contribution in [-0.2, 0) is 0 Å². The molecule has 0 atom stereocenters. The van der Waals surface area contributed by atoms with Crippen LogP contribution in [-0.4, -0.2) is 17.3 Å². The minimum absolute atomic E-state index is 0.696. The molecule has 108 valence electrons. The van der Waals surface area contributed by atoms with E-state index in [9.17, 15) is 0 Å². The highest BCUT2D eigenvalue weighted by molar-refractivity contribution is 8.01. The standard InChI is InChI=1S/C16H16N2OS2/c17-12-5-3-6-13(11-12)19-9-4-10-20-16-18-14-7-1-2-8-15(14)21-16/h1-3,5-8,11H,4,9-10,17H2. The first-order valence-corrected chi connectivity index (χ1v) is 8.58. The second-order valence-corrected chi connectivity index (χ2v) is 6.94. The van der Waals surface area contributed by atoms with E-state index >= 15 is 0 Å². The van der Waals surface area contributed by atoms with E-state index in [4.69, 9.17) is 10.5 Å². The van der Waals surface area contributed by atoms with Crippen molar-refractivity contribution in [1.82, 2.24) is 4.98 Å². The Balaban J connectivity index is 1.44. The maximum atomic E-state index is 5.71. The number of benzene rings is 2. The minimum Gasteiger partial charge on any atom is -0.493 e. The molecule has 0 spiro atoms. The Morgan fingerprint density at radius 3 is 2.90 bits per heavy atom. The number of ether oxygens (including phenoxy) is 1. The van der Waals surface area contributed by atoms with Crippen LogP contribution in [0, 0.1) is 0 Å². The molecule has 2 aromatic carbocycles. The lowest BCUT2D eigenvalue weighted by atomic mass is 10.3. The molecule has 0 fully saturated rings. The van der Waals surface area contributed by atoms with E-state index in [1.54, 1.807) is 23.1 Å². The summed E-state index contributed by atoms with van der Waals surface area (Å²) in [6, 6.07) is 15.8. The summed E-state index contributed by atoms with van der Waals surface area (Å²) in [7, 11) is 0. The van der Waals surface area contributed by atoms with Gasteiger partial charge in [-0.05, 0) is 30.7 Å². The Morgan fingerprint density at radius 2 is 2.05 bits per heavy atom. The quantitative estimate of drug-likeness (QED) is 0.415. The number of nitrogen functional groups attached to an aromatic ring is 1. The van der Waals surface area contributed by atoms with Crippen molar-refractivity contribution in [2.45, 2.75) is 10.8 Å². The van der Waals surface area contributed by atoms with Crippen molar-refractivity contribution in [2.24, 2.45) is 0 Å². The van der Waals surface area contributed by atoms with Crippen LogP contribution in [0.15, 0.2) is 52.9 Å². The van der Waals surface area contributed by atoms with Crippen molar-refractivity contribution in [1.29, 1.82) is 0 Å². The number of rotatable bonds is 6. The summed E-state index contributed by atoms with van der Waals surface area (Å²) in [5, 5.41) is 0. The van der Waals surface area contributed by atoms with Gasteiger partial charge in [0, 0.05) is 17.5 Å². The zero-order valence-electron chi connectivity index (χ0n) is 11.5. The lowest BCUT2D eigenvalue weighted by Crippen LogP contribution is -1.99. The molecule has 0 aliphatic carbocycles. The maximum absolute atomic E-state index is 5.71. The third kappa shape index (κ3) is 3.89. The van der Waals surface area contributed by atoms with Gasteiger partial charge in [-0.2, -0.15) is 0 Å². The van der Waals surface area contributed by atoms with E-state index in [-0.39, 0.29) is 0 Å². The summed E-state index contributed by atoms with van der Waals surface area (Å²) in [6.45, 7) is 0.696. The van der Waals surface area contributed by atoms with Gasteiger partial charge in [-0.25, -0.2) is 4.98 Å². The van der Waals surface area contributed by atoms with Crippen LogP contribution in [0.25, 0.3) is 10.2 Å². The summed E-state index contributed by atoms with van der Waals surface area (Å²) < 4.78 is 8.04. The molecule has 0 aliphatic heterocycles. The fourth-order valence-electron chi connectivity index (χ4n) is 1.93. The number of thioether (sulfide) groups is 1. The van der Waals surface area contributed by atoms with Gasteiger partial charge < -0.3 is 10.5 Å². The summed E-state index contributed by atoms with van der Waals surface area (Å²) in [5.41, 5.74) is 7.53. The molecule has 3 nitrogen and oxygen atoms in total. The molecule has 2 N–H and O–H groups in total. The molecule has 0 saturated carbocycles. The van der Waals surface area contributed by atoms with Gasteiger partial charge in [-0.1, -0.05) is 30.0 Å². The zero-order valence-corrected chi connectivity index (χ0v) is 13.1. The summed E-state index contributed by atoms with van der Waals surface area (Å²) in [5.74, 6) is 1.84. The molecule has 5 heteroatoms. The summed E-state index contributed by atoms with van der Waals surface area (Å²) in [6.07, 6.45) is 0.982. The Hall–Kier alpha value is -1.72. The van der Waals surface area contributed by atoms with Crippen LogP contribution < -0.4 is 10.5 Å². The number of fused-ring (bicyclic) bond motifs is 1. The van der Waals surface area contributed by atoms with Gasteiger partial charge in [0.1, 0.15) is 5.75 Å². The highest BCUT2D eigenvalue weighted by Gasteiger charge is 2.03.